The summed E-state index contributed by atoms with van der Waals surface area (Å²) in [5.74, 6) is 0.933. The molecule has 2 rings (SSSR count). The zero-order valence-electron chi connectivity index (χ0n) is 10.6. The predicted octanol–water partition coefficient (Wildman–Crippen LogP) is 1.26. The van der Waals surface area contributed by atoms with Crippen molar-refractivity contribution in [3.8, 4) is 0 Å². The predicted molar refractivity (Wildman–Crippen MR) is 66.8 cm³/mol. The van der Waals surface area contributed by atoms with Crippen LogP contribution in [-0.4, -0.2) is 42.8 Å². The third-order valence-electron chi connectivity index (χ3n) is 3.35. The van der Waals surface area contributed by atoms with Gasteiger partial charge in [-0.1, -0.05) is 0 Å². The summed E-state index contributed by atoms with van der Waals surface area (Å²) < 4.78 is 11.1. The highest BCUT2D eigenvalue weighted by Gasteiger charge is 2.27. The lowest BCUT2D eigenvalue weighted by Gasteiger charge is -2.37. The van der Waals surface area contributed by atoms with E-state index in [4.69, 9.17) is 14.9 Å². The average molecular weight is 238 g/mol. The Morgan fingerprint density at radius 3 is 3.00 bits per heavy atom. The normalized spacial score (nSPS) is 24.1. The molecule has 0 saturated carbocycles. The molecule has 1 aliphatic heterocycles. The van der Waals surface area contributed by atoms with Crippen LogP contribution in [0.5, 0.6) is 0 Å². The lowest BCUT2D eigenvalue weighted by Crippen LogP contribution is -2.53. The Hall–Kier alpha value is -0.840. The summed E-state index contributed by atoms with van der Waals surface area (Å²) in [4.78, 5) is 2.41. The Bertz CT molecular complexity index is 324. The fraction of sp³-hybridized carbons (Fsp3) is 0.692. The molecule has 2 atom stereocenters. The molecule has 0 aliphatic carbocycles. The first kappa shape index (κ1) is 12.6. The van der Waals surface area contributed by atoms with Crippen LogP contribution in [0.15, 0.2) is 22.8 Å². The van der Waals surface area contributed by atoms with E-state index in [-0.39, 0.29) is 12.1 Å². The number of nitrogens with two attached hydrogens (primary N) is 1. The van der Waals surface area contributed by atoms with Crippen LogP contribution in [0.4, 0.5) is 0 Å². The fourth-order valence-corrected chi connectivity index (χ4v) is 2.22. The number of nitrogens with zero attached hydrogens (tertiary/aromatic N) is 1. The minimum absolute atomic E-state index is 0.00250. The Morgan fingerprint density at radius 1 is 1.53 bits per heavy atom. The Labute approximate surface area is 103 Å². The van der Waals surface area contributed by atoms with Crippen molar-refractivity contribution in [1.29, 1.82) is 0 Å². The summed E-state index contributed by atoms with van der Waals surface area (Å²) in [7, 11) is 0. The van der Waals surface area contributed by atoms with Crippen molar-refractivity contribution >= 4 is 0 Å². The molecule has 1 aromatic rings. The van der Waals surface area contributed by atoms with Crippen molar-refractivity contribution < 1.29 is 9.15 Å². The SMILES string of the molecule is CC(C)N1CCOC(C(N)Cc2ccco2)C1. The summed E-state index contributed by atoms with van der Waals surface area (Å²) >= 11 is 0. The minimum Gasteiger partial charge on any atom is -0.469 e. The van der Waals surface area contributed by atoms with Gasteiger partial charge in [0.05, 0.1) is 19.0 Å². The monoisotopic (exact) mass is 238 g/mol. The average Bonchev–Trinajstić information content (AvgIpc) is 2.82. The van der Waals surface area contributed by atoms with Gasteiger partial charge in [-0.3, -0.25) is 4.90 Å². The van der Waals surface area contributed by atoms with Crippen molar-refractivity contribution in [1.82, 2.24) is 4.90 Å². The van der Waals surface area contributed by atoms with Gasteiger partial charge in [0.1, 0.15) is 5.76 Å². The number of furan rings is 1. The first-order valence-corrected chi connectivity index (χ1v) is 6.30. The molecule has 1 saturated heterocycles. The lowest BCUT2D eigenvalue weighted by molar-refractivity contribution is -0.0500. The summed E-state index contributed by atoms with van der Waals surface area (Å²) in [5, 5.41) is 0. The summed E-state index contributed by atoms with van der Waals surface area (Å²) in [6.45, 7) is 7.11. The standard InChI is InChI=1S/C13H22N2O2/c1-10(2)15-5-7-17-13(9-15)12(14)8-11-4-3-6-16-11/h3-4,6,10,12-13H,5,7-9,14H2,1-2H3. The zero-order valence-corrected chi connectivity index (χ0v) is 10.6. The van der Waals surface area contributed by atoms with Crippen LogP contribution in [0, 0.1) is 0 Å². The molecule has 0 aromatic carbocycles. The number of morpholine rings is 1. The third-order valence-corrected chi connectivity index (χ3v) is 3.35. The summed E-state index contributed by atoms with van der Waals surface area (Å²) in [6.07, 6.45) is 2.53. The molecule has 0 spiro atoms. The molecule has 2 heterocycles. The van der Waals surface area contributed by atoms with Gasteiger partial charge >= 0.3 is 0 Å². The molecule has 2 unspecified atom stereocenters. The second kappa shape index (κ2) is 5.67. The molecule has 17 heavy (non-hydrogen) atoms. The maximum atomic E-state index is 6.19. The maximum absolute atomic E-state index is 6.19. The van der Waals surface area contributed by atoms with Gasteiger partial charge in [0.2, 0.25) is 0 Å². The fourth-order valence-electron chi connectivity index (χ4n) is 2.22. The molecule has 1 aromatic heterocycles. The van der Waals surface area contributed by atoms with E-state index in [2.05, 4.69) is 18.7 Å². The largest absolute Gasteiger partial charge is 0.469 e. The van der Waals surface area contributed by atoms with Crippen LogP contribution in [0.25, 0.3) is 0 Å². The molecule has 96 valence electrons. The molecular formula is C13H22N2O2. The van der Waals surface area contributed by atoms with E-state index in [0.717, 1.165) is 31.9 Å². The van der Waals surface area contributed by atoms with Crippen LogP contribution in [0.1, 0.15) is 19.6 Å². The van der Waals surface area contributed by atoms with Crippen LogP contribution >= 0.6 is 0 Å². The maximum Gasteiger partial charge on any atom is 0.105 e. The van der Waals surface area contributed by atoms with Gasteiger partial charge in [0.25, 0.3) is 0 Å². The highest BCUT2D eigenvalue weighted by Crippen LogP contribution is 2.14. The highest BCUT2D eigenvalue weighted by atomic mass is 16.5. The van der Waals surface area contributed by atoms with Gasteiger partial charge < -0.3 is 14.9 Å². The Balaban J connectivity index is 1.88. The first-order valence-electron chi connectivity index (χ1n) is 6.30. The summed E-state index contributed by atoms with van der Waals surface area (Å²) in [5.41, 5.74) is 6.19. The van der Waals surface area contributed by atoms with Gasteiger partial charge in [0, 0.05) is 31.6 Å². The lowest BCUT2D eigenvalue weighted by atomic mass is 10.0. The Kier molecular flexibility index (Phi) is 4.20. The van der Waals surface area contributed by atoms with E-state index in [9.17, 15) is 0 Å². The number of hydrogen-bond acceptors (Lipinski definition) is 4. The van der Waals surface area contributed by atoms with Gasteiger partial charge in [0.15, 0.2) is 0 Å². The third kappa shape index (κ3) is 3.31. The number of hydrogen-bond donors (Lipinski definition) is 1. The van der Waals surface area contributed by atoms with Crippen molar-refractivity contribution in [3.05, 3.63) is 24.2 Å². The molecule has 1 aliphatic rings. The van der Waals surface area contributed by atoms with Gasteiger partial charge in [-0.15, -0.1) is 0 Å². The van der Waals surface area contributed by atoms with E-state index in [1.54, 1.807) is 6.26 Å². The molecule has 1 fully saturated rings. The van der Waals surface area contributed by atoms with Crippen LogP contribution in [0.2, 0.25) is 0 Å². The molecule has 4 nitrogen and oxygen atoms in total. The van der Waals surface area contributed by atoms with Crippen molar-refractivity contribution in [3.63, 3.8) is 0 Å². The minimum atomic E-state index is 0.00250. The number of rotatable bonds is 4. The molecule has 2 N–H and O–H groups in total. The second-order valence-corrected chi connectivity index (χ2v) is 4.95. The van der Waals surface area contributed by atoms with Gasteiger partial charge in [-0.05, 0) is 26.0 Å². The van der Waals surface area contributed by atoms with Crippen molar-refractivity contribution in [2.24, 2.45) is 5.73 Å². The smallest absolute Gasteiger partial charge is 0.105 e. The molecule has 0 radical (unpaired) electrons. The molecule has 4 heteroatoms. The van der Waals surface area contributed by atoms with Gasteiger partial charge in [-0.2, -0.15) is 0 Å². The van der Waals surface area contributed by atoms with Crippen LogP contribution < -0.4 is 5.73 Å². The second-order valence-electron chi connectivity index (χ2n) is 4.95. The molecule has 0 bridgehead atoms. The topological polar surface area (TPSA) is 51.6 Å². The van der Waals surface area contributed by atoms with E-state index in [1.807, 2.05) is 12.1 Å². The van der Waals surface area contributed by atoms with Crippen LogP contribution in [-0.2, 0) is 11.2 Å². The molecular weight excluding hydrogens is 216 g/mol. The summed E-state index contributed by atoms with van der Waals surface area (Å²) in [6, 6.07) is 4.41. The van der Waals surface area contributed by atoms with E-state index >= 15 is 0 Å². The van der Waals surface area contributed by atoms with E-state index in [1.165, 1.54) is 0 Å². The van der Waals surface area contributed by atoms with E-state index < -0.39 is 0 Å². The van der Waals surface area contributed by atoms with Crippen molar-refractivity contribution in [2.75, 3.05) is 19.7 Å². The van der Waals surface area contributed by atoms with Gasteiger partial charge in [-0.25, -0.2) is 0 Å². The zero-order chi connectivity index (χ0) is 12.3. The highest BCUT2D eigenvalue weighted by molar-refractivity contribution is 5.01. The number of ether oxygens (including phenoxy) is 1. The molecule has 0 amide bonds. The Morgan fingerprint density at radius 2 is 2.35 bits per heavy atom. The van der Waals surface area contributed by atoms with E-state index in [0.29, 0.717) is 6.04 Å². The quantitative estimate of drug-likeness (QED) is 0.858. The first-order chi connectivity index (χ1) is 8.16. The van der Waals surface area contributed by atoms with Crippen molar-refractivity contribution in [2.45, 2.75) is 38.5 Å². The van der Waals surface area contributed by atoms with Crippen LogP contribution in [0.3, 0.4) is 0 Å².